The number of carbonyl (C=O) groups excluding carboxylic acids is 2. The van der Waals surface area contributed by atoms with Crippen molar-refractivity contribution >= 4 is 17.5 Å². The Morgan fingerprint density at radius 2 is 1.58 bits per heavy atom. The molecule has 0 radical (unpaired) electrons. The van der Waals surface area contributed by atoms with Crippen LogP contribution in [0.2, 0.25) is 0 Å². The number of hydrogen-bond acceptors (Lipinski definition) is 3. The van der Waals surface area contributed by atoms with Gasteiger partial charge in [0.15, 0.2) is 0 Å². The summed E-state index contributed by atoms with van der Waals surface area (Å²) >= 11 is 0. The van der Waals surface area contributed by atoms with Crippen LogP contribution in [0.15, 0.2) is 24.3 Å². The number of ketones is 2. The van der Waals surface area contributed by atoms with Crippen LogP contribution in [0.3, 0.4) is 0 Å². The Balaban J connectivity index is 3.34. The lowest BCUT2D eigenvalue weighted by atomic mass is 9.74. The molecule has 5 heteroatoms. The predicted molar refractivity (Wildman–Crippen MR) is 89.2 cm³/mol. The van der Waals surface area contributed by atoms with E-state index >= 15 is 0 Å². The zero-order chi connectivity index (χ0) is 18.7. The second-order valence-electron chi connectivity index (χ2n) is 7.41. The average Bonchev–Trinajstić information content (AvgIpc) is 2.45. The van der Waals surface area contributed by atoms with Gasteiger partial charge < -0.3 is 5.11 Å². The normalized spacial score (nSPS) is 14.3. The van der Waals surface area contributed by atoms with E-state index in [4.69, 9.17) is 0 Å². The molecule has 1 rings (SSSR count). The lowest BCUT2D eigenvalue weighted by molar-refractivity contribution is -0.148. The first-order chi connectivity index (χ1) is 10.9. The molecule has 1 aromatic rings. The zero-order valence-corrected chi connectivity index (χ0v) is 14.8. The summed E-state index contributed by atoms with van der Waals surface area (Å²) < 4.78 is 13.2. The Morgan fingerprint density at radius 3 is 1.96 bits per heavy atom. The molecular weight excluding hydrogens is 311 g/mol. The van der Waals surface area contributed by atoms with Crippen LogP contribution in [0.25, 0.3) is 0 Å². The van der Waals surface area contributed by atoms with Crippen molar-refractivity contribution in [1.82, 2.24) is 0 Å². The number of Topliss-reactive ketones (excluding diaryl/α,β-unsaturated/α-hetero) is 2. The van der Waals surface area contributed by atoms with Gasteiger partial charge in [0.1, 0.15) is 23.3 Å². The van der Waals surface area contributed by atoms with Gasteiger partial charge in [0.25, 0.3) is 0 Å². The minimum atomic E-state index is -1.33. The smallest absolute Gasteiger partial charge is 0.314 e. The van der Waals surface area contributed by atoms with Gasteiger partial charge in [-0.1, -0.05) is 46.8 Å². The van der Waals surface area contributed by atoms with Crippen molar-refractivity contribution in [2.75, 3.05) is 0 Å². The van der Waals surface area contributed by atoms with E-state index in [0.29, 0.717) is 5.56 Å². The largest absolute Gasteiger partial charge is 0.481 e. The molecule has 0 aliphatic rings. The van der Waals surface area contributed by atoms with Gasteiger partial charge in [-0.3, -0.25) is 14.4 Å². The fourth-order valence-electron chi connectivity index (χ4n) is 2.50. The summed E-state index contributed by atoms with van der Waals surface area (Å²) in [6.07, 6.45) is -0.0788. The summed E-state index contributed by atoms with van der Waals surface area (Å²) in [5, 5.41) is 9.59. The topological polar surface area (TPSA) is 71.4 Å². The van der Waals surface area contributed by atoms with E-state index in [1.165, 1.54) is 24.3 Å². The average molecular weight is 336 g/mol. The Kier molecular flexibility index (Phi) is 6.41. The third-order valence-electron chi connectivity index (χ3n) is 4.08. The van der Waals surface area contributed by atoms with Gasteiger partial charge in [-0.2, -0.15) is 0 Å². The van der Waals surface area contributed by atoms with Gasteiger partial charge in [0, 0.05) is 23.7 Å². The fraction of sp³-hybridized carbons (Fsp3) is 0.526. The molecule has 1 aromatic carbocycles. The van der Waals surface area contributed by atoms with Crippen LogP contribution in [-0.4, -0.2) is 22.6 Å². The molecule has 0 saturated carbocycles. The molecule has 24 heavy (non-hydrogen) atoms. The van der Waals surface area contributed by atoms with Crippen molar-refractivity contribution in [3.8, 4) is 0 Å². The first-order valence-electron chi connectivity index (χ1n) is 8.00. The van der Waals surface area contributed by atoms with E-state index in [0.717, 1.165) is 0 Å². The maximum atomic E-state index is 13.2. The second kappa shape index (κ2) is 7.69. The first kappa shape index (κ1) is 20.0. The monoisotopic (exact) mass is 336 g/mol. The van der Waals surface area contributed by atoms with E-state index in [1.807, 2.05) is 0 Å². The van der Waals surface area contributed by atoms with Gasteiger partial charge in [0.05, 0.1) is 0 Å². The maximum absolute atomic E-state index is 13.2. The molecule has 132 valence electrons. The van der Waals surface area contributed by atoms with Gasteiger partial charge >= 0.3 is 5.97 Å². The minimum Gasteiger partial charge on any atom is -0.481 e. The number of carbonyl (C=O) groups is 3. The summed E-state index contributed by atoms with van der Waals surface area (Å²) in [5.41, 5.74) is -0.169. The molecule has 0 bridgehead atoms. The maximum Gasteiger partial charge on any atom is 0.314 e. The highest BCUT2D eigenvalue weighted by Gasteiger charge is 2.39. The molecule has 2 unspecified atom stereocenters. The van der Waals surface area contributed by atoms with Gasteiger partial charge in [-0.25, -0.2) is 4.39 Å². The Morgan fingerprint density at radius 1 is 1.08 bits per heavy atom. The minimum absolute atomic E-state index is 0.0788. The number of rotatable bonds is 7. The van der Waals surface area contributed by atoms with Crippen LogP contribution in [-0.2, 0) is 14.4 Å². The van der Waals surface area contributed by atoms with Crippen molar-refractivity contribution in [2.45, 2.75) is 47.0 Å². The number of halogens is 1. The van der Waals surface area contributed by atoms with Crippen LogP contribution in [0.4, 0.5) is 4.39 Å². The molecule has 0 saturated heterocycles. The van der Waals surface area contributed by atoms with Crippen molar-refractivity contribution in [2.24, 2.45) is 17.3 Å². The van der Waals surface area contributed by atoms with E-state index in [9.17, 15) is 23.9 Å². The highest BCUT2D eigenvalue weighted by atomic mass is 19.1. The molecule has 4 nitrogen and oxygen atoms in total. The molecule has 0 aromatic heterocycles. The first-order valence-corrected chi connectivity index (χ1v) is 8.00. The fourth-order valence-corrected chi connectivity index (χ4v) is 2.50. The van der Waals surface area contributed by atoms with Crippen LogP contribution in [0.1, 0.15) is 52.5 Å². The zero-order valence-electron chi connectivity index (χ0n) is 14.8. The van der Waals surface area contributed by atoms with Crippen molar-refractivity contribution in [1.29, 1.82) is 0 Å². The number of carboxylic acid groups (broad SMARTS) is 1. The van der Waals surface area contributed by atoms with Crippen molar-refractivity contribution < 1.29 is 23.9 Å². The Hall–Kier alpha value is -2.04. The summed E-state index contributed by atoms with van der Waals surface area (Å²) in [6, 6.07) is 5.31. The summed E-state index contributed by atoms with van der Waals surface area (Å²) in [7, 11) is 0. The lowest BCUT2D eigenvalue weighted by Crippen LogP contribution is -2.35. The molecule has 0 heterocycles. The molecule has 1 N–H and O–H groups in total. The Labute approximate surface area is 142 Å². The highest BCUT2D eigenvalue weighted by Crippen LogP contribution is 2.34. The van der Waals surface area contributed by atoms with E-state index < -0.39 is 40.7 Å². The quantitative estimate of drug-likeness (QED) is 0.768. The Bertz CT molecular complexity index is 611. The van der Waals surface area contributed by atoms with Crippen LogP contribution >= 0.6 is 0 Å². The van der Waals surface area contributed by atoms with Gasteiger partial charge in [0.2, 0.25) is 0 Å². The molecule has 0 spiro atoms. The molecular formula is C19H25FO4. The van der Waals surface area contributed by atoms with E-state index in [2.05, 4.69) is 0 Å². The SMILES string of the molecule is CC(C)C(=O)C(C(=O)O)C(CC(=O)C(C)(C)C)c1ccc(F)cc1. The van der Waals surface area contributed by atoms with Gasteiger partial charge in [-0.15, -0.1) is 0 Å². The summed E-state index contributed by atoms with van der Waals surface area (Å²) in [4.78, 5) is 36.6. The molecule has 0 aliphatic carbocycles. The molecule has 0 amide bonds. The van der Waals surface area contributed by atoms with Crippen molar-refractivity contribution in [3.63, 3.8) is 0 Å². The number of carboxylic acids is 1. The third kappa shape index (κ3) is 4.98. The lowest BCUT2D eigenvalue weighted by Gasteiger charge is -2.27. The van der Waals surface area contributed by atoms with E-state index in [-0.39, 0.29) is 12.2 Å². The second-order valence-corrected chi connectivity index (χ2v) is 7.41. The number of benzene rings is 1. The van der Waals surface area contributed by atoms with Crippen LogP contribution < -0.4 is 0 Å². The molecule has 0 fully saturated rings. The number of aliphatic carboxylic acids is 1. The molecule has 0 aliphatic heterocycles. The predicted octanol–water partition coefficient (Wildman–Crippen LogP) is 3.84. The summed E-state index contributed by atoms with van der Waals surface area (Å²) in [6.45, 7) is 8.50. The van der Waals surface area contributed by atoms with Crippen LogP contribution in [0.5, 0.6) is 0 Å². The molecule has 2 atom stereocenters. The third-order valence-corrected chi connectivity index (χ3v) is 4.08. The number of hydrogen-bond donors (Lipinski definition) is 1. The van der Waals surface area contributed by atoms with Gasteiger partial charge in [-0.05, 0) is 17.7 Å². The van der Waals surface area contributed by atoms with E-state index in [1.54, 1.807) is 34.6 Å². The highest BCUT2D eigenvalue weighted by molar-refractivity contribution is 6.01. The van der Waals surface area contributed by atoms with Crippen LogP contribution in [0, 0.1) is 23.1 Å². The summed E-state index contributed by atoms with van der Waals surface area (Å²) in [5.74, 6) is -4.91. The van der Waals surface area contributed by atoms with Crippen molar-refractivity contribution in [3.05, 3.63) is 35.6 Å². The standard InChI is InChI=1S/C19H25FO4/c1-11(2)17(22)16(18(23)24)14(10-15(21)19(3,4)5)12-6-8-13(20)9-7-12/h6-9,11,14,16H,10H2,1-5H3,(H,23,24).